The lowest BCUT2D eigenvalue weighted by molar-refractivity contribution is 0.462. The molecule has 6 nitrogen and oxygen atoms in total. The van der Waals surface area contributed by atoms with Crippen LogP contribution < -0.4 is 0 Å². The van der Waals surface area contributed by atoms with Crippen LogP contribution in [0.5, 0.6) is 0 Å². The first-order valence-electron chi connectivity index (χ1n) is 10.2. The number of aromatic nitrogens is 6. The van der Waals surface area contributed by atoms with Gasteiger partial charge in [0.15, 0.2) is 0 Å². The molecule has 0 aliphatic heterocycles. The Balaban J connectivity index is 1.56. The van der Waals surface area contributed by atoms with E-state index in [9.17, 15) is 8.78 Å². The van der Waals surface area contributed by atoms with E-state index in [-0.39, 0.29) is 17.8 Å². The van der Waals surface area contributed by atoms with Crippen LogP contribution in [0.1, 0.15) is 75.0 Å². The summed E-state index contributed by atoms with van der Waals surface area (Å²) in [5.41, 5.74) is 2.39. The molecule has 8 heteroatoms. The first-order valence-corrected chi connectivity index (χ1v) is 10.2. The Kier molecular flexibility index (Phi) is 6.49. The summed E-state index contributed by atoms with van der Waals surface area (Å²) in [7, 11) is 1.58. The van der Waals surface area contributed by atoms with Gasteiger partial charge in [0, 0.05) is 43.7 Å². The largest absolute Gasteiger partial charge is 0.272 e. The maximum absolute atomic E-state index is 14.4. The third-order valence-electron chi connectivity index (χ3n) is 5.60. The quantitative estimate of drug-likeness (QED) is 0.524. The summed E-state index contributed by atoms with van der Waals surface area (Å²) in [6.45, 7) is 9.48. The Morgan fingerprint density at radius 1 is 0.862 bits per heavy atom. The Labute approximate surface area is 170 Å². The van der Waals surface area contributed by atoms with E-state index in [4.69, 9.17) is 0 Å². The van der Waals surface area contributed by atoms with Crippen molar-refractivity contribution < 1.29 is 8.78 Å². The minimum Gasteiger partial charge on any atom is -0.272 e. The summed E-state index contributed by atoms with van der Waals surface area (Å²) in [4.78, 5) is 0. The molecular weight excluding hydrogens is 374 g/mol. The molecule has 29 heavy (non-hydrogen) atoms. The van der Waals surface area contributed by atoms with E-state index in [0.717, 1.165) is 13.0 Å². The second-order valence-corrected chi connectivity index (χ2v) is 8.22. The van der Waals surface area contributed by atoms with Gasteiger partial charge in [-0.2, -0.15) is 19.0 Å². The molecule has 3 rings (SSSR count). The van der Waals surface area contributed by atoms with E-state index in [0.29, 0.717) is 30.0 Å². The minimum atomic E-state index is -0.430. The molecule has 0 aliphatic carbocycles. The molecule has 0 amide bonds. The molecule has 0 saturated heterocycles. The van der Waals surface area contributed by atoms with E-state index in [2.05, 4.69) is 35.3 Å². The highest BCUT2D eigenvalue weighted by Crippen LogP contribution is 2.25. The number of aryl methyl sites for hydroxylation is 3. The van der Waals surface area contributed by atoms with Gasteiger partial charge in [0.2, 0.25) is 11.9 Å². The van der Waals surface area contributed by atoms with E-state index in [1.165, 1.54) is 10.2 Å². The molecule has 2 atom stereocenters. The van der Waals surface area contributed by atoms with Crippen LogP contribution in [0.25, 0.3) is 0 Å². The van der Waals surface area contributed by atoms with Gasteiger partial charge in [-0.15, -0.1) is 5.10 Å². The second kappa shape index (κ2) is 8.88. The molecule has 0 bridgehead atoms. The average Bonchev–Trinajstić information content (AvgIpc) is 3.38. The fourth-order valence-electron chi connectivity index (χ4n) is 3.39. The summed E-state index contributed by atoms with van der Waals surface area (Å²) < 4.78 is 33.1. The zero-order chi connectivity index (χ0) is 21.1. The Hall–Kier alpha value is -2.51. The minimum absolute atomic E-state index is 0.0215. The van der Waals surface area contributed by atoms with Crippen LogP contribution in [0, 0.1) is 11.9 Å². The van der Waals surface area contributed by atoms with Crippen molar-refractivity contribution in [2.75, 3.05) is 0 Å². The van der Waals surface area contributed by atoms with Gasteiger partial charge in [0.25, 0.3) is 0 Å². The van der Waals surface area contributed by atoms with Crippen molar-refractivity contribution in [3.63, 3.8) is 0 Å². The van der Waals surface area contributed by atoms with Crippen LogP contribution in [0.3, 0.4) is 0 Å². The van der Waals surface area contributed by atoms with Gasteiger partial charge in [0.1, 0.15) is 0 Å². The zero-order valence-electron chi connectivity index (χ0n) is 17.8. The Bertz CT molecular complexity index is 939. The van der Waals surface area contributed by atoms with Gasteiger partial charge in [-0.25, -0.2) is 4.68 Å². The predicted molar refractivity (Wildman–Crippen MR) is 108 cm³/mol. The van der Waals surface area contributed by atoms with Gasteiger partial charge in [-0.05, 0) is 36.2 Å². The smallest absolute Gasteiger partial charge is 0.236 e. The van der Waals surface area contributed by atoms with E-state index < -0.39 is 5.95 Å². The van der Waals surface area contributed by atoms with Crippen LogP contribution in [0.2, 0.25) is 0 Å². The summed E-state index contributed by atoms with van der Waals surface area (Å²) >= 11 is 0. The fourth-order valence-corrected chi connectivity index (χ4v) is 3.39. The first-order chi connectivity index (χ1) is 13.8. The molecule has 0 aromatic carbocycles. The first kappa shape index (κ1) is 21.2. The number of nitrogens with zero attached hydrogens (tertiary/aromatic N) is 6. The standard InChI is InChI=1S/C21H30F2N6/c1-14(2)17-10-25-28(12-17)8-6-16(4)19-13-29(26-20(19)22)9-7-15(3)18-11-24-27(5)21(18)23/h10-16H,6-9H2,1-5H3. The predicted octanol–water partition coefficient (Wildman–Crippen LogP) is 4.60. The van der Waals surface area contributed by atoms with Gasteiger partial charge < -0.3 is 0 Å². The van der Waals surface area contributed by atoms with E-state index >= 15 is 0 Å². The highest BCUT2D eigenvalue weighted by atomic mass is 19.1. The van der Waals surface area contributed by atoms with Crippen molar-refractivity contribution in [2.24, 2.45) is 7.05 Å². The van der Waals surface area contributed by atoms with Crippen LogP contribution in [-0.2, 0) is 20.1 Å². The topological polar surface area (TPSA) is 53.5 Å². The van der Waals surface area contributed by atoms with E-state index in [1.807, 2.05) is 24.7 Å². The third-order valence-corrected chi connectivity index (χ3v) is 5.60. The Morgan fingerprint density at radius 2 is 1.52 bits per heavy atom. The monoisotopic (exact) mass is 404 g/mol. The summed E-state index contributed by atoms with van der Waals surface area (Å²) in [5, 5.41) is 12.3. The molecule has 0 spiro atoms. The maximum atomic E-state index is 14.4. The van der Waals surface area contributed by atoms with Crippen molar-refractivity contribution in [1.29, 1.82) is 0 Å². The van der Waals surface area contributed by atoms with Crippen LogP contribution in [0.4, 0.5) is 8.78 Å². The van der Waals surface area contributed by atoms with E-state index in [1.54, 1.807) is 24.1 Å². The number of hydrogen-bond acceptors (Lipinski definition) is 3. The number of halogens is 2. The molecule has 2 unspecified atom stereocenters. The fraction of sp³-hybridized carbons (Fsp3) is 0.571. The summed E-state index contributed by atoms with van der Waals surface area (Å²) in [5.74, 6) is -0.298. The molecule has 0 N–H and O–H groups in total. The molecule has 0 aliphatic rings. The lowest BCUT2D eigenvalue weighted by Crippen LogP contribution is -2.05. The van der Waals surface area contributed by atoms with Crippen LogP contribution in [-0.4, -0.2) is 29.3 Å². The highest BCUT2D eigenvalue weighted by molar-refractivity contribution is 5.14. The lowest BCUT2D eigenvalue weighted by atomic mass is 10.0. The maximum Gasteiger partial charge on any atom is 0.236 e. The molecular formula is C21H30F2N6. The Morgan fingerprint density at radius 3 is 2.10 bits per heavy atom. The number of hydrogen-bond donors (Lipinski definition) is 0. The summed E-state index contributed by atoms with van der Waals surface area (Å²) in [6.07, 6.45) is 8.70. The van der Waals surface area contributed by atoms with Crippen molar-refractivity contribution in [1.82, 2.24) is 29.3 Å². The van der Waals surface area contributed by atoms with Crippen LogP contribution >= 0.6 is 0 Å². The molecule has 3 aromatic rings. The van der Waals surface area contributed by atoms with Gasteiger partial charge in [-0.1, -0.05) is 27.7 Å². The van der Waals surface area contributed by atoms with Gasteiger partial charge in [0.05, 0.1) is 12.4 Å². The third kappa shape index (κ3) is 4.92. The zero-order valence-corrected chi connectivity index (χ0v) is 17.8. The molecule has 3 aromatic heterocycles. The SMILES string of the molecule is CC(C)c1cnn(CCC(C)c2cn(CCC(C)c3cnn(C)c3F)nc2F)c1. The normalized spacial score (nSPS) is 13.9. The van der Waals surface area contributed by atoms with Crippen molar-refractivity contribution in [3.8, 4) is 0 Å². The van der Waals surface area contributed by atoms with Gasteiger partial charge >= 0.3 is 0 Å². The second-order valence-electron chi connectivity index (χ2n) is 8.22. The van der Waals surface area contributed by atoms with Crippen molar-refractivity contribution in [2.45, 2.75) is 71.4 Å². The molecule has 0 fully saturated rings. The number of rotatable bonds is 9. The summed E-state index contributed by atoms with van der Waals surface area (Å²) in [6, 6.07) is 0. The highest BCUT2D eigenvalue weighted by Gasteiger charge is 2.18. The molecule has 0 saturated carbocycles. The average molecular weight is 405 g/mol. The molecule has 158 valence electrons. The molecule has 3 heterocycles. The van der Waals surface area contributed by atoms with Gasteiger partial charge in [-0.3, -0.25) is 9.36 Å². The van der Waals surface area contributed by atoms with Crippen molar-refractivity contribution in [3.05, 3.63) is 53.4 Å². The molecule has 0 radical (unpaired) electrons. The lowest BCUT2D eigenvalue weighted by Gasteiger charge is -2.10. The van der Waals surface area contributed by atoms with Crippen LogP contribution in [0.15, 0.2) is 24.8 Å². The van der Waals surface area contributed by atoms with Crippen molar-refractivity contribution >= 4 is 0 Å².